The summed E-state index contributed by atoms with van der Waals surface area (Å²) in [5.41, 5.74) is 2.89. The van der Waals surface area contributed by atoms with Gasteiger partial charge in [0.1, 0.15) is 8.07 Å². The molecule has 0 aromatic heterocycles. The molecule has 0 heterocycles. The predicted octanol–water partition coefficient (Wildman–Crippen LogP) is 1.04. The van der Waals surface area contributed by atoms with E-state index in [0.29, 0.717) is 0 Å². The van der Waals surface area contributed by atoms with Crippen molar-refractivity contribution in [2.45, 2.75) is 19.6 Å². The van der Waals surface area contributed by atoms with E-state index in [4.69, 9.17) is 0 Å². The number of hydrogen-bond donors (Lipinski definition) is 0. The first kappa shape index (κ1) is 9.25. The summed E-state index contributed by atoms with van der Waals surface area (Å²) in [6.45, 7) is 6.22. The van der Waals surface area contributed by atoms with Gasteiger partial charge in [-0.2, -0.15) is 0 Å². The van der Waals surface area contributed by atoms with Crippen LogP contribution in [0.5, 0.6) is 0 Å². The van der Waals surface area contributed by atoms with Gasteiger partial charge in [-0.15, -0.1) is 5.54 Å². The highest BCUT2D eigenvalue weighted by molar-refractivity contribution is 6.84. The minimum absolute atomic E-state index is 0.442. The second-order valence-electron chi connectivity index (χ2n) is 2.99. The van der Waals surface area contributed by atoms with Crippen LogP contribution in [0.2, 0.25) is 19.6 Å². The van der Waals surface area contributed by atoms with E-state index in [-0.39, 0.29) is 0 Å². The highest BCUT2D eigenvalue weighted by Gasteiger charge is 2.08. The molecule has 0 aliphatic heterocycles. The van der Waals surface area contributed by atoms with Gasteiger partial charge in [0.2, 0.25) is 0 Å². The number of rotatable bonds is 0. The first-order chi connectivity index (χ1) is 4.45. The molecule has 0 N–H and O–H groups in total. The van der Waals surface area contributed by atoms with Gasteiger partial charge in [0, 0.05) is 5.92 Å². The van der Waals surface area contributed by atoms with Crippen LogP contribution < -0.4 is 0 Å². The molecule has 0 aromatic rings. The third-order valence-corrected chi connectivity index (χ3v) is 1.60. The number of ether oxygens (including phenoxy) is 1. The highest BCUT2D eigenvalue weighted by Crippen LogP contribution is 1.95. The smallest absolute Gasteiger partial charge is 0.383 e. The summed E-state index contributed by atoms with van der Waals surface area (Å²) in [6, 6.07) is 0. The van der Waals surface area contributed by atoms with Crippen LogP contribution in [0.3, 0.4) is 0 Å². The average molecular weight is 156 g/mol. The molecule has 0 atom stereocenters. The second-order valence-corrected chi connectivity index (χ2v) is 7.74. The van der Waals surface area contributed by atoms with E-state index in [1.165, 1.54) is 7.11 Å². The van der Waals surface area contributed by atoms with Gasteiger partial charge in [0.25, 0.3) is 0 Å². The zero-order valence-corrected chi connectivity index (χ0v) is 7.82. The van der Waals surface area contributed by atoms with Gasteiger partial charge in [-0.25, -0.2) is 4.79 Å². The van der Waals surface area contributed by atoms with Crippen molar-refractivity contribution in [2.75, 3.05) is 7.11 Å². The summed E-state index contributed by atoms with van der Waals surface area (Å²) >= 11 is 0. The molecule has 3 heteroatoms. The second kappa shape index (κ2) is 3.42. The molecule has 0 rings (SSSR count). The predicted molar refractivity (Wildman–Crippen MR) is 43.1 cm³/mol. The lowest BCUT2D eigenvalue weighted by molar-refractivity contribution is -0.133. The van der Waals surface area contributed by atoms with Crippen LogP contribution in [0.25, 0.3) is 0 Å². The van der Waals surface area contributed by atoms with Gasteiger partial charge < -0.3 is 4.74 Å². The Morgan fingerprint density at radius 1 is 1.40 bits per heavy atom. The molecule has 0 bridgehead atoms. The fourth-order valence-corrected chi connectivity index (χ4v) is 0.767. The van der Waals surface area contributed by atoms with Gasteiger partial charge in [-0.1, -0.05) is 19.6 Å². The van der Waals surface area contributed by atoms with Crippen LogP contribution in [0.15, 0.2) is 0 Å². The Hall–Kier alpha value is -0.753. The normalized spacial score (nSPS) is 9.60. The minimum Gasteiger partial charge on any atom is -0.459 e. The molecule has 0 saturated carbocycles. The number of methoxy groups -OCH3 is 1. The zero-order valence-electron chi connectivity index (χ0n) is 6.82. The Morgan fingerprint density at radius 3 is 2.20 bits per heavy atom. The Kier molecular flexibility index (Phi) is 3.17. The molecule has 2 nitrogen and oxygen atoms in total. The molecule has 0 saturated heterocycles. The Bertz CT molecular complexity index is 180. The monoisotopic (exact) mass is 156 g/mol. The lowest BCUT2D eigenvalue weighted by Gasteiger charge is -2.02. The number of hydrogen-bond acceptors (Lipinski definition) is 2. The fraction of sp³-hybridized carbons (Fsp3) is 0.571. The van der Waals surface area contributed by atoms with E-state index in [0.717, 1.165) is 0 Å². The SMILES string of the molecule is COC(=O)C#C[Si](C)(C)C. The van der Waals surface area contributed by atoms with Gasteiger partial charge in [0.15, 0.2) is 0 Å². The van der Waals surface area contributed by atoms with Crippen molar-refractivity contribution in [3.63, 3.8) is 0 Å². The van der Waals surface area contributed by atoms with E-state index in [1.807, 2.05) is 0 Å². The molecule has 10 heavy (non-hydrogen) atoms. The third-order valence-electron chi connectivity index (χ3n) is 0.725. The molecule has 0 aromatic carbocycles. The quantitative estimate of drug-likeness (QED) is 0.297. The van der Waals surface area contributed by atoms with Crippen molar-refractivity contribution < 1.29 is 9.53 Å². The van der Waals surface area contributed by atoms with Crippen LogP contribution in [0.1, 0.15) is 0 Å². The summed E-state index contributed by atoms with van der Waals surface area (Å²) in [7, 11) is -0.0636. The van der Waals surface area contributed by atoms with Crippen LogP contribution >= 0.6 is 0 Å². The summed E-state index contributed by atoms with van der Waals surface area (Å²) < 4.78 is 4.36. The van der Waals surface area contributed by atoms with E-state index in [2.05, 4.69) is 35.8 Å². The summed E-state index contributed by atoms with van der Waals surface area (Å²) in [4.78, 5) is 10.5. The topological polar surface area (TPSA) is 26.3 Å². The number of esters is 1. The van der Waals surface area contributed by atoms with Crippen molar-refractivity contribution in [1.82, 2.24) is 0 Å². The van der Waals surface area contributed by atoms with E-state index in [1.54, 1.807) is 0 Å². The molecule has 0 unspecified atom stereocenters. The van der Waals surface area contributed by atoms with E-state index in [9.17, 15) is 4.79 Å². The molecular weight excluding hydrogens is 144 g/mol. The van der Waals surface area contributed by atoms with Crippen molar-refractivity contribution in [1.29, 1.82) is 0 Å². The van der Waals surface area contributed by atoms with Crippen LogP contribution in [0.4, 0.5) is 0 Å². The molecule has 0 fully saturated rings. The minimum atomic E-state index is -1.40. The highest BCUT2D eigenvalue weighted by atomic mass is 28.3. The standard InChI is InChI=1S/C7H12O2Si/c1-9-7(8)5-6-10(2,3)4/h1-4H3. The van der Waals surface area contributed by atoms with Crippen molar-refractivity contribution >= 4 is 14.0 Å². The van der Waals surface area contributed by atoms with Gasteiger partial charge in [-0.3, -0.25) is 0 Å². The molecule has 0 spiro atoms. The molecule has 56 valence electrons. The third kappa shape index (κ3) is 5.38. The molecule has 0 aliphatic carbocycles. The fourth-order valence-electron chi connectivity index (χ4n) is 0.290. The van der Waals surface area contributed by atoms with Crippen LogP contribution in [-0.2, 0) is 9.53 Å². The number of carbonyl (C=O) groups excluding carboxylic acids is 1. The molecule has 0 aliphatic rings. The molecule has 0 amide bonds. The molecule has 0 radical (unpaired) electrons. The largest absolute Gasteiger partial charge is 0.459 e. The maximum atomic E-state index is 10.5. The Morgan fingerprint density at radius 2 is 1.90 bits per heavy atom. The number of carbonyl (C=O) groups is 1. The van der Waals surface area contributed by atoms with Crippen molar-refractivity contribution in [3.8, 4) is 11.5 Å². The summed E-state index contributed by atoms with van der Waals surface area (Å²) in [6.07, 6.45) is 0. The Balaban J connectivity index is 4.05. The van der Waals surface area contributed by atoms with Crippen molar-refractivity contribution in [2.24, 2.45) is 0 Å². The van der Waals surface area contributed by atoms with Crippen LogP contribution in [0, 0.1) is 11.5 Å². The Labute approximate surface area is 62.6 Å². The zero-order chi connectivity index (χ0) is 8.20. The van der Waals surface area contributed by atoms with Gasteiger partial charge in [0.05, 0.1) is 7.11 Å². The van der Waals surface area contributed by atoms with Crippen molar-refractivity contribution in [3.05, 3.63) is 0 Å². The lowest BCUT2D eigenvalue weighted by Crippen LogP contribution is -2.17. The first-order valence-electron chi connectivity index (χ1n) is 3.07. The van der Waals surface area contributed by atoms with E-state index >= 15 is 0 Å². The summed E-state index contributed by atoms with van der Waals surface area (Å²) in [5.74, 6) is 1.98. The van der Waals surface area contributed by atoms with Gasteiger partial charge in [-0.05, 0) is 0 Å². The van der Waals surface area contributed by atoms with Gasteiger partial charge >= 0.3 is 5.97 Å². The van der Waals surface area contributed by atoms with Crippen LogP contribution in [-0.4, -0.2) is 21.2 Å². The average Bonchev–Trinajstić information content (AvgIpc) is 1.81. The maximum Gasteiger partial charge on any atom is 0.383 e. The van der Waals surface area contributed by atoms with E-state index < -0.39 is 14.0 Å². The summed E-state index contributed by atoms with van der Waals surface area (Å²) in [5, 5.41) is 0. The molecular formula is C7H12O2Si. The lowest BCUT2D eigenvalue weighted by atomic mass is 10.7. The maximum absolute atomic E-state index is 10.5. The first-order valence-corrected chi connectivity index (χ1v) is 6.57.